The van der Waals surface area contributed by atoms with Gasteiger partial charge in [-0.25, -0.2) is 14.6 Å². The van der Waals surface area contributed by atoms with E-state index in [1.54, 1.807) is 12.1 Å². The van der Waals surface area contributed by atoms with Crippen LogP contribution in [0.25, 0.3) is 0 Å². The number of rotatable bonds is 7. The van der Waals surface area contributed by atoms with Crippen molar-refractivity contribution >= 4 is 17.7 Å². The van der Waals surface area contributed by atoms with E-state index in [1.807, 2.05) is 13.8 Å². The van der Waals surface area contributed by atoms with Gasteiger partial charge in [-0.15, -0.1) is 0 Å². The fourth-order valence-electron chi connectivity index (χ4n) is 1.56. The zero-order valence-corrected chi connectivity index (χ0v) is 11.5. The quantitative estimate of drug-likeness (QED) is 0.708. The third kappa shape index (κ3) is 5.13. The van der Waals surface area contributed by atoms with Gasteiger partial charge in [-0.1, -0.05) is 13.3 Å². The normalized spacial score (nSPS) is 11.5. The van der Waals surface area contributed by atoms with Crippen LogP contribution >= 0.6 is 0 Å². The van der Waals surface area contributed by atoms with Crippen molar-refractivity contribution < 1.29 is 19.4 Å². The molecule has 0 unspecified atom stereocenters. The molecule has 1 aromatic rings. The Morgan fingerprint density at radius 2 is 2.15 bits per heavy atom. The van der Waals surface area contributed by atoms with Crippen molar-refractivity contribution in [2.75, 3.05) is 11.9 Å². The fourth-order valence-corrected chi connectivity index (χ4v) is 1.56. The number of amides is 2. The summed E-state index contributed by atoms with van der Waals surface area (Å²) in [5, 5.41) is 13.9. The molecule has 2 amide bonds. The lowest BCUT2D eigenvalue weighted by Gasteiger charge is -2.14. The van der Waals surface area contributed by atoms with E-state index in [2.05, 4.69) is 15.6 Å². The second-order valence-electron chi connectivity index (χ2n) is 4.10. The van der Waals surface area contributed by atoms with Gasteiger partial charge >= 0.3 is 12.0 Å². The number of carbonyl (C=O) groups excluding carboxylic acids is 1. The van der Waals surface area contributed by atoms with Crippen molar-refractivity contribution in [2.24, 2.45) is 0 Å². The van der Waals surface area contributed by atoms with Crippen molar-refractivity contribution in [1.29, 1.82) is 0 Å². The first kappa shape index (κ1) is 15.7. The minimum atomic E-state index is -1.05. The number of hydrogen-bond donors (Lipinski definition) is 3. The molecular weight excluding hydrogens is 262 g/mol. The summed E-state index contributed by atoms with van der Waals surface area (Å²) in [5.74, 6) is -0.584. The SMILES string of the molecule is CCC[C@@H](NC(=O)Nc1ccc(OCC)nc1)C(=O)O. The Balaban J connectivity index is 2.54. The molecule has 0 saturated carbocycles. The number of anilines is 1. The highest BCUT2D eigenvalue weighted by molar-refractivity contribution is 5.92. The molecule has 1 heterocycles. The molecule has 20 heavy (non-hydrogen) atoms. The standard InChI is InChI=1S/C13H19N3O4/c1-3-5-10(12(17)18)16-13(19)15-9-6-7-11(14-8-9)20-4-2/h6-8,10H,3-5H2,1-2H3,(H,17,18)(H2,15,16,19)/t10-/m1/s1. The van der Waals surface area contributed by atoms with Crippen LogP contribution < -0.4 is 15.4 Å². The third-order valence-corrected chi connectivity index (χ3v) is 2.47. The maximum Gasteiger partial charge on any atom is 0.326 e. The van der Waals surface area contributed by atoms with Crippen molar-refractivity contribution in [3.63, 3.8) is 0 Å². The summed E-state index contributed by atoms with van der Waals surface area (Å²) in [7, 11) is 0. The molecule has 1 atom stereocenters. The lowest BCUT2D eigenvalue weighted by molar-refractivity contribution is -0.139. The molecule has 7 nitrogen and oxygen atoms in total. The van der Waals surface area contributed by atoms with Crippen molar-refractivity contribution in [2.45, 2.75) is 32.7 Å². The van der Waals surface area contributed by atoms with E-state index in [4.69, 9.17) is 9.84 Å². The summed E-state index contributed by atoms with van der Waals surface area (Å²) in [6.45, 7) is 4.21. The number of carboxylic acid groups (broad SMARTS) is 1. The molecule has 0 radical (unpaired) electrons. The predicted molar refractivity (Wildman–Crippen MR) is 73.9 cm³/mol. The van der Waals surface area contributed by atoms with E-state index in [-0.39, 0.29) is 0 Å². The van der Waals surface area contributed by atoms with Crippen molar-refractivity contribution in [1.82, 2.24) is 10.3 Å². The number of nitrogens with one attached hydrogen (secondary N) is 2. The molecule has 0 saturated heterocycles. The smallest absolute Gasteiger partial charge is 0.326 e. The van der Waals surface area contributed by atoms with Crippen LogP contribution in [0.2, 0.25) is 0 Å². The van der Waals surface area contributed by atoms with Gasteiger partial charge in [0.15, 0.2) is 0 Å². The molecule has 7 heteroatoms. The average molecular weight is 281 g/mol. The van der Waals surface area contributed by atoms with E-state index >= 15 is 0 Å². The first-order valence-corrected chi connectivity index (χ1v) is 6.46. The molecule has 0 aliphatic rings. The van der Waals surface area contributed by atoms with Crippen LogP contribution in [-0.2, 0) is 4.79 Å². The first-order valence-electron chi connectivity index (χ1n) is 6.46. The van der Waals surface area contributed by atoms with Gasteiger partial charge in [-0.3, -0.25) is 0 Å². The Morgan fingerprint density at radius 1 is 1.40 bits per heavy atom. The Bertz CT molecular complexity index is 447. The summed E-state index contributed by atoms with van der Waals surface area (Å²) in [6, 6.07) is 1.79. The molecular formula is C13H19N3O4. The van der Waals surface area contributed by atoms with E-state index in [0.717, 1.165) is 0 Å². The van der Waals surface area contributed by atoms with Crippen LogP contribution in [0.1, 0.15) is 26.7 Å². The molecule has 0 fully saturated rings. The molecule has 110 valence electrons. The maximum absolute atomic E-state index is 11.7. The van der Waals surface area contributed by atoms with Gasteiger partial charge in [-0.05, 0) is 19.4 Å². The highest BCUT2D eigenvalue weighted by atomic mass is 16.5. The number of carboxylic acids is 1. The Hall–Kier alpha value is -2.31. The second kappa shape index (κ2) is 7.98. The van der Waals surface area contributed by atoms with Gasteiger partial charge in [-0.2, -0.15) is 0 Å². The van der Waals surface area contributed by atoms with Crippen LogP contribution in [0.4, 0.5) is 10.5 Å². The molecule has 0 spiro atoms. The topological polar surface area (TPSA) is 101 Å². The number of urea groups is 1. The monoisotopic (exact) mass is 281 g/mol. The summed E-state index contributed by atoms with van der Waals surface area (Å²) >= 11 is 0. The minimum absolute atomic E-state index is 0.379. The van der Waals surface area contributed by atoms with Gasteiger partial charge in [0.05, 0.1) is 18.5 Å². The Morgan fingerprint density at radius 3 is 2.65 bits per heavy atom. The maximum atomic E-state index is 11.7. The molecule has 0 aliphatic heterocycles. The van der Waals surface area contributed by atoms with E-state index in [0.29, 0.717) is 31.0 Å². The molecule has 0 aliphatic carbocycles. The molecule has 1 aromatic heterocycles. The van der Waals surface area contributed by atoms with Gasteiger partial charge in [0.2, 0.25) is 5.88 Å². The third-order valence-electron chi connectivity index (χ3n) is 2.47. The number of carbonyl (C=O) groups is 2. The van der Waals surface area contributed by atoms with E-state index in [1.165, 1.54) is 6.20 Å². The number of nitrogens with zero attached hydrogens (tertiary/aromatic N) is 1. The largest absolute Gasteiger partial charge is 0.480 e. The lowest BCUT2D eigenvalue weighted by Crippen LogP contribution is -2.42. The van der Waals surface area contributed by atoms with Crippen molar-refractivity contribution in [3.8, 4) is 5.88 Å². The second-order valence-corrected chi connectivity index (χ2v) is 4.10. The number of pyridine rings is 1. The lowest BCUT2D eigenvalue weighted by atomic mass is 10.2. The first-order chi connectivity index (χ1) is 9.56. The van der Waals surface area contributed by atoms with Crippen LogP contribution in [0.15, 0.2) is 18.3 Å². The average Bonchev–Trinajstić information content (AvgIpc) is 2.40. The van der Waals surface area contributed by atoms with Gasteiger partial charge in [0.25, 0.3) is 0 Å². The Labute approximate surface area is 117 Å². The van der Waals surface area contributed by atoms with Crippen LogP contribution in [0.3, 0.4) is 0 Å². The zero-order chi connectivity index (χ0) is 15.0. The zero-order valence-electron chi connectivity index (χ0n) is 11.5. The van der Waals surface area contributed by atoms with Gasteiger partial charge < -0.3 is 20.5 Å². The highest BCUT2D eigenvalue weighted by Gasteiger charge is 2.18. The molecule has 1 rings (SSSR count). The van der Waals surface area contributed by atoms with Crippen LogP contribution in [0.5, 0.6) is 5.88 Å². The highest BCUT2D eigenvalue weighted by Crippen LogP contribution is 2.11. The van der Waals surface area contributed by atoms with E-state index < -0.39 is 18.0 Å². The summed E-state index contributed by atoms with van der Waals surface area (Å²) in [4.78, 5) is 26.6. The fraction of sp³-hybridized carbons (Fsp3) is 0.462. The van der Waals surface area contributed by atoms with Crippen LogP contribution in [0, 0.1) is 0 Å². The Kier molecular flexibility index (Phi) is 6.28. The minimum Gasteiger partial charge on any atom is -0.480 e. The number of hydrogen-bond acceptors (Lipinski definition) is 4. The summed E-state index contributed by atoms with van der Waals surface area (Å²) in [5.41, 5.74) is 0.464. The number of ether oxygens (including phenoxy) is 1. The van der Waals surface area contributed by atoms with Crippen LogP contribution in [-0.4, -0.2) is 34.7 Å². The molecule has 0 bridgehead atoms. The molecule has 3 N–H and O–H groups in total. The van der Waals surface area contributed by atoms with E-state index in [9.17, 15) is 9.59 Å². The van der Waals surface area contributed by atoms with Crippen molar-refractivity contribution in [3.05, 3.63) is 18.3 Å². The van der Waals surface area contributed by atoms with Gasteiger partial charge in [0.1, 0.15) is 6.04 Å². The van der Waals surface area contributed by atoms with Gasteiger partial charge in [0, 0.05) is 6.07 Å². The molecule has 0 aromatic carbocycles. The number of aromatic nitrogens is 1. The summed E-state index contributed by atoms with van der Waals surface area (Å²) in [6.07, 6.45) is 2.49. The summed E-state index contributed by atoms with van der Waals surface area (Å²) < 4.78 is 5.18. The number of aliphatic carboxylic acids is 1. The predicted octanol–water partition coefficient (Wildman–Crippen LogP) is 1.86.